The molecule has 1 fully saturated rings. The molecule has 9 heteroatoms. The monoisotopic (exact) mass is 481 g/mol. The number of anilines is 1. The molecule has 0 spiro atoms. The molecule has 1 aromatic rings. The molecule has 1 aliphatic rings. The summed E-state index contributed by atoms with van der Waals surface area (Å²) in [5.74, 6) is 0.167. The molecule has 0 amide bonds. The summed E-state index contributed by atoms with van der Waals surface area (Å²) in [5.41, 5.74) is 0.640. The maximum atomic E-state index is 11.6. The molecule has 2 heterocycles. The highest BCUT2D eigenvalue weighted by molar-refractivity contribution is 6.74. The molecule has 0 unspecified atom stereocenters. The van der Waals surface area contributed by atoms with Crippen molar-refractivity contribution in [3.8, 4) is 0 Å². The van der Waals surface area contributed by atoms with Crippen LogP contribution in [0.5, 0.6) is 0 Å². The summed E-state index contributed by atoms with van der Waals surface area (Å²) in [6.07, 6.45) is 2.76. The molecule has 0 saturated carbocycles. The molecule has 0 radical (unpaired) electrons. The van der Waals surface area contributed by atoms with E-state index in [0.717, 1.165) is 0 Å². The molecule has 1 aliphatic heterocycles. The molecular weight excluding hydrogens is 438 g/mol. The van der Waals surface area contributed by atoms with Crippen LogP contribution in [0.4, 0.5) is 11.4 Å². The number of pyridine rings is 1. The van der Waals surface area contributed by atoms with Gasteiger partial charge in [0.1, 0.15) is 11.9 Å². The average molecular weight is 482 g/mol. The lowest BCUT2D eigenvalue weighted by Crippen LogP contribution is -2.61. The standard InChI is InChI=1S/C23H43N3O4Si2/c1-17-15-25(18-12-13-24-14-19(18)26(27)28)16-20(29-31(8,9)22(2,3)4)21(17)30-32(10,11)23(5,6)7/h12-14,17,20-21H,15-16H2,1-11H3/t17-,20-,21-/m0/s1. The second kappa shape index (κ2) is 9.15. The van der Waals surface area contributed by atoms with E-state index in [1.165, 1.54) is 6.20 Å². The van der Waals surface area contributed by atoms with Crippen molar-refractivity contribution in [3.05, 3.63) is 28.6 Å². The van der Waals surface area contributed by atoms with E-state index in [1.54, 1.807) is 12.3 Å². The van der Waals surface area contributed by atoms with Gasteiger partial charge in [-0.3, -0.25) is 15.1 Å². The van der Waals surface area contributed by atoms with Crippen LogP contribution in [-0.4, -0.2) is 51.8 Å². The van der Waals surface area contributed by atoms with Gasteiger partial charge in [-0.1, -0.05) is 48.5 Å². The first kappa shape index (κ1) is 27.0. The number of piperidine rings is 1. The summed E-state index contributed by atoms with van der Waals surface area (Å²) < 4.78 is 13.9. The van der Waals surface area contributed by atoms with Gasteiger partial charge in [-0.25, -0.2) is 0 Å². The summed E-state index contributed by atoms with van der Waals surface area (Å²) >= 11 is 0. The van der Waals surface area contributed by atoms with E-state index in [1.807, 2.05) is 0 Å². The average Bonchev–Trinajstić information content (AvgIpc) is 2.62. The van der Waals surface area contributed by atoms with Gasteiger partial charge in [0.2, 0.25) is 0 Å². The molecule has 1 aromatic heterocycles. The van der Waals surface area contributed by atoms with Crippen molar-refractivity contribution in [2.75, 3.05) is 18.0 Å². The lowest BCUT2D eigenvalue weighted by Gasteiger charge is -2.51. The van der Waals surface area contributed by atoms with Gasteiger partial charge in [-0.05, 0) is 42.3 Å². The first-order chi connectivity index (χ1) is 14.4. The smallest absolute Gasteiger partial charge is 0.310 e. The summed E-state index contributed by atoms with van der Waals surface area (Å²) in [4.78, 5) is 17.4. The van der Waals surface area contributed by atoms with E-state index in [-0.39, 0.29) is 38.8 Å². The summed E-state index contributed by atoms with van der Waals surface area (Å²) in [6, 6.07) is 1.74. The maximum Gasteiger partial charge on any atom is 0.310 e. The topological polar surface area (TPSA) is 77.7 Å². The van der Waals surface area contributed by atoms with Gasteiger partial charge in [0.25, 0.3) is 0 Å². The van der Waals surface area contributed by atoms with Crippen molar-refractivity contribution in [3.63, 3.8) is 0 Å². The maximum absolute atomic E-state index is 11.6. The van der Waals surface area contributed by atoms with E-state index in [4.69, 9.17) is 8.85 Å². The quantitative estimate of drug-likeness (QED) is 0.272. The fraction of sp³-hybridized carbons (Fsp3) is 0.783. The van der Waals surface area contributed by atoms with E-state index in [2.05, 4.69) is 84.5 Å². The van der Waals surface area contributed by atoms with Crippen LogP contribution in [0, 0.1) is 16.0 Å². The van der Waals surface area contributed by atoms with Crippen LogP contribution in [0.15, 0.2) is 18.5 Å². The van der Waals surface area contributed by atoms with Crippen molar-refractivity contribution in [1.82, 2.24) is 4.98 Å². The van der Waals surface area contributed by atoms with Crippen molar-refractivity contribution in [2.45, 2.75) is 96.9 Å². The highest BCUT2D eigenvalue weighted by atomic mass is 28.4. The third kappa shape index (κ3) is 5.79. The minimum absolute atomic E-state index is 0.0366. The molecule has 0 aromatic carbocycles. The summed E-state index contributed by atoms with van der Waals surface area (Å²) in [6.45, 7) is 26.0. The van der Waals surface area contributed by atoms with Crippen molar-refractivity contribution < 1.29 is 13.8 Å². The van der Waals surface area contributed by atoms with Gasteiger partial charge in [0, 0.05) is 25.2 Å². The Morgan fingerprint density at radius 2 is 1.56 bits per heavy atom. The van der Waals surface area contributed by atoms with E-state index < -0.39 is 16.6 Å². The predicted molar refractivity (Wildman–Crippen MR) is 136 cm³/mol. The molecular formula is C23H43N3O4Si2. The second-order valence-corrected chi connectivity index (χ2v) is 21.8. The Kier molecular flexibility index (Phi) is 7.71. The van der Waals surface area contributed by atoms with E-state index in [9.17, 15) is 10.1 Å². The number of hydrogen-bond donors (Lipinski definition) is 0. The van der Waals surface area contributed by atoms with Crippen LogP contribution in [0.25, 0.3) is 0 Å². The largest absolute Gasteiger partial charge is 0.411 e. The SMILES string of the molecule is C[C@H]1CN(c2ccncc2[N+](=O)[O-])C[C@H](O[Si](C)(C)C(C)(C)C)[C@H]1O[Si](C)(C)C(C)(C)C. The van der Waals surface area contributed by atoms with Crippen LogP contribution >= 0.6 is 0 Å². The first-order valence-corrected chi connectivity index (χ1v) is 17.4. The summed E-state index contributed by atoms with van der Waals surface area (Å²) in [5, 5.41) is 11.8. The minimum Gasteiger partial charge on any atom is -0.411 e. The Morgan fingerprint density at radius 3 is 2.06 bits per heavy atom. The predicted octanol–water partition coefficient (Wildman–Crippen LogP) is 6.23. The van der Waals surface area contributed by atoms with Crippen LogP contribution in [-0.2, 0) is 8.85 Å². The first-order valence-electron chi connectivity index (χ1n) is 11.6. The van der Waals surface area contributed by atoms with Gasteiger partial charge in [-0.2, -0.15) is 0 Å². The fourth-order valence-electron chi connectivity index (χ4n) is 3.57. The Labute approximate surface area is 196 Å². The van der Waals surface area contributed by atoms with Crippen LogP contribution in [0.1, 0.15) is 48.5 Å². The molecule has 182 valence electrons. The molecule has 0 N–H and O–H groups in total. The molecule has 2 rings (SSSR count). The van der Waals surface area contributed by atoms with Gasteiger partial charge < -0.3 is 13.8 Å². The lowest BCUT2D eigenvalue weighted by molar-refractivity contribution is -0.384. The third-order valence-corrected chi connectivity index (χ3v) is 16.6. The normalized spacial score (nSPS) is 23.3. The van der Waals surface area contributed by atoms with Crippen LogP contribution in [0.2, 0.25) is 36.3 Å². The number of nitrogens with zero attached hydrogens (tertiary/aromatic N) is 3. The van der Waals surface area contributed by atoms with Crippen molar-refractivity contribution in [2.24, 2.45) is 5.92 Å². The van der Waals surface area contributed by atoms with Gasteiger partial charge >= 0.3 is 5.69 Å². The molecule has 1 saturated heterocycles. The van der Waals surface area contributed by atoms with Gasteiger partial charge in [0.05, 0.1) is 17.1 Å². The fourth-order valence-corrected chi connectivity index (χ4v) is 6.30. The van der Waals surface area contributed by atoms with Crippen LogP contribution in [0.3, 0.4) is 0 Å². The second-order valence-electron chi connectivity index (χ2n) is 12.3. The lowest BCUT2D eigenvalue weighted by atomic mass is 9.94. The minimum atomic E-state index is -2.09. The Morgan fingerprint density at radius 1 is 1.03 bits per heavy atom. The molecule has 3 atom stereocenters. The molecule has 7 nitrogen and oxygen atoms in total. The zero-order chi connectivity index (χ0) is 24.7. The number of hydrogen-bond acceptors (Lipinski definition) is 6. The van der Waals surface area contributed by atoms with Crippen LogP contribution < -0.4 is 4.90 Å². The number of rotatable bonds is 6. The van der Waals surface area contributed by atoms with E-state index >= 15 is 0 Å². The Hall–Kier alpha value is -1.30. The Bertz CT molecular complexity index is 818. The van der Waals surface area contributed by atoms with Crippen molar-refractivity contribution in [1.29, 1.82) is 0 Å². The number of aromatic nitrogens is 1. The zero-order valence-corrected chi connectivity index (χ0v) is 23.9. The highest BCUT2D eigenvalue weighted by Crippen LogP contribution is 2.43. The highest BCUT2D eigenvalue weighted by Gasteiger charge is 2.48. The molecule has 32 heavy (non-hydrogen) atoms. The third-order valence-electron chi connectivity index (χ3n) is 7.64. The summed E-state index contributed by atoms with van der Waals surface area (Å²) in [7, 11) is -4.12. The van der Waals surface area contributed by atoms with Gasteiger partial charge in [0.15, 0.2) is 16.6 Å². The molecule has 0 bridgehead atoms. The Balaban J connectivity index is 2.45. The van der Waals surface area contributed by atoms with Gasteiger partial charge in [-0.15, -0.1) is 0 Å². The van der Waals surface area contributed by atoms with E-state index in [0.29, 0.717) is 18.8 Å². The number of nitro groups is 1. The molecule has 0 aliphatic carbocycles. The van der Waals surface area contributed by atoms with Crippen molar-refractivity contribution >= 4 is 28.0 Å². The zero-order valence-electron chi connectivity index (χ0n) is 21.9.